The Morgan fingerprint density at radius 3 is 2.49 bits per heavy atom. The maximum absolute atomic E-state index is 12.8. The molecular formula is C28H40O7. The van der Waals surface area contributed by atoms with Gasteiger partial charge in [-0.1, -0.05) is 19.9 Å². The normalized spacial score (nSPS) is 35.9. The average molecular weight is 489 g/mol. The van der Waals surface area contributed by atoms with E-state index in [-0.39, 0.29) is 46.4 Å². The zero-order chi connectivity index (χ0) is 26.1. The summed E-state index contributed by atoms with van der Waals surface area (Å²) in [6.07, 6.45) is 2.77. The Labute approximate surface area is 207 Å². The number of benzene rings is 1. The summed E-state index contributed by atoms with van der Waals surface area (Å²) in [5.74, 6) is -1.60. The molecule has 2 fully saturated rings. The second-order valence-corrected chi connectivity index (χ2v) is 11.8. The van der Waals surface area contributed by atoms with E-state index >= 15 is 0 Å². The largest absolute Gasteiger partial charge is 0.507 e. The number of ketones is 1. The smallest absolute Gasteiger partial charge is 0.171 e. The van der Waals surface area contributed by atoms with E-state index in [0.717, 1.165) is 6.42 Å². The van der Waals surface area contributed by atoms with Crippen LogP contribution in [0, 0.1) is 11.3 Å². The van der Waals surface area contributed by atoms with Crippen molar-refractivity contribution in [3.63, 3.8) is 0 Å². The van der Waals surface area contributed by atoms with Crippen molar-refractivity contribution in [2.75, 3.05) is 0 Å². The molecule has 2 heterocycles. The van der Waals surface area contributed by atoms with Crippen LogP contribution in [0.1, 0.15) is 97.3 Å². The first-order valence-electron chi connectivity index (χ1n) is 12.7. The van der Waals surface area contributed by atoms with E-state index in [2.05, 4.69) is 6.92 Å². The molecule has 1 aromatic carbocycles. The molecule has 0 aromatic heterocycles. The number of hydrogen-bond donors (Lipinski definition) is 4. The molecular weight excluding hydrogens is 448 g/mol. The van der Waals surface area contributed by atoms with Gasteiger partial charge >= 0.3 is 0 Å². The van der Waals surface area contributed by atoms with Gasteiger partial charge in [0.2, 0.25) is 0 Å². The van der Waals surface area contributed by atoms with E-state index in [9.17, 15) is 25.2 Å². The molecule has 1 saturated carbocycles. The van der Waals surface area contributed by atoms with Gasteiger partial charge in [0.25, 0.3) is 0 Å². The molecule has 0 spiro atoms. The maximum Gasteiger partial charge on any atom is 0.171 e. The number of hydrogen-bond acceptors (Lipinski definition) is 7. The first-order chi connectivity index (χ1) is 16.2. The molecule has 3 aliphatic rings. The van der Waals surface area contributed by atoms with Crippen LogP contribution >= 0.6 is 0 Å². The number of aromatic hydroxyl groups is 2. The number of carbonyl (C=O) groups excluding carboxylic acids is 1. The predicted octanol–water partition coefficient (Wildman–Crippen LogP) is 4.66. The molecule has 1 aliphatic carbocycles. The molecule has 7 atom stereocenters. The van der Waals surface area contributed by atoms with Crippen molar-refractivity contribution in [1.82, 2.24) is 0 Å². The van der Waals surface area contributed by atoms with Crippen LogP contribution in [0.5, 0.6) is 17.2 Å². The highest BCUT2D eigenvalue weighted by atomic mass is 16.5. The second-order valence-electron chi connectivity index (χ2n) is 11.8. The zero-order valence-electron chi connectivity index (χ0n) is 21.9. The van der Waals surface area contributed by atoms with E-state index in [0.29, 0.717) is 24.8 Å². The molecule has 4 N–H and O–H groups in total. The lowest BCUT2D eigenvalue weighted by atomic mass is 9.53. The highest BCUT2D eigenvalue weighted by molar-refractivity contribution is 6.00. The van der Waals surface area contributed by atoms with E-state index in [1.54, 1.807) is 40.7 Å². The molecule has 2 aliphatic heterocycles. The summed E-state index contributed by atoms with van der Waals surface area (Å²) in [6, 6.07) is 1.37. The third-order valence-electron chi connectivity index (χ3n) is 9.00. The van der Waals surface area contributed by atoms with Crippen molar-refractivity contribution < 1.29 is 34.7 Å². The second kappa shape index (κ2) is 8.49. The number of phenols is 2. The summed E-state index contributed by atoms with van der Waals surface area (Å²) in [7, 11) is 0. The first-order valence-corrected chi connectivity index (χ1v) is 12.7. The van der Waals surface area contributed by atoms with Gasteiger partial charge in [0, 0.05) is 22.8 Å². The zero-order valence-corrected chi connectivity index (χ0v) is 21.9. The van der Waals surface area contributed by atoms with E-state index in [1.807, 2.05) is 6.92 Å². The number of ether oxygens (including phenoxy) is 2. The number of aliphatic hydroxyl groups is 2. The van der Waals surface area contributed by atoms with Crippen LogP contribution in [0.15, 0.2) is 17.7 Å². The van der Waals surface area contributed by atoms with Gasteiger partial charge in [0.15, 0.2) is 17.3 Å². The Bertz CT molecular complexity index is 1050. The standard InChI is InChI=1S/C28H40O7/c1-8-14(2)21(30)15(3)16-13-17(29)20-23(32)25-27(6)11-9-18(26(4,5)33)34-19(27)10-12-28(25,7)35-24(20)22(16)31/h8,13,15,18-19,23,25,29,31-33H,9-12H2,1-7H3. The number of phenolic OH excluding ortho intramolecular Hbond substituents is 2. The minimum absolute atomic E-state index is 0.0529. The number of carbonyl (C=O) groups is 1. The van der Waals surface area contributed by atoms with Gasteiger partial charge in [-0.25, -0.2) is 0 Å². The van der Waals surface area contributed by atoms with Crippen molar-refractivity contribution in [1.29, 1.82) is 0 Å². The Kier molecular flexibility index (Phi) is 6.31. The maximum atomic E-state index is 12.8. The van der Waals surface area contributed by atoms with Crippen LogP contribution in [0.2, 0.25) is 0 Å². The lowest BCUT2D eigenvalue weighted by Crippen LogP contribution is -2.64. The van der Waals surface area contributed by atoms with Gasteiger partial charge in [0.05, 0.1) is 29.5 Å². The molecule has 0 amide bonds. The lowest BCUT2D eigenvalue weighted by molar-refractivity contribution is -0.256. The molecule has 4 rings (SSSR count). The van der Waals surface area contributed by atoms with E-state index in [1.165, 1.54) is 6.07 Å². The monoisotopic (exact) mass is 488 g/mol. The third kappa shape index (κ3) is 3.96. The topological polar surface area (TPSA) is 116 Å². The first kappa shape index (κ1) is 26.0. The fourth-order valence-electron chi connectivity index (χ4n) is 6.79. The SMILES string of the molecule is CC=C(C)C(=O)C(C)c1cc(O)c2c(c1O)OC1(C)CCC3OC(C(C)(C)O)CCC3(C)C1C2O. The molecule has 35 heavy (non-hydrogen) atoms. The average Bonchev–Trinajstić information content (AvgIpc) is 2.77. The molecule has 7 heteroatoms. The fraction of sp³-hybridized carbons (Fsp3) is 0.679. The highest BCUT2D eigenvalue weighted by Crippen LogP contribution is 2.64. The number of fused-ring (bicyclic) bond motifs is 4. The summed E-state index contributed by atoms with van der Waals surface area (Å²) in [5.41, 5.74) is -1.24. The van der Waals surface area contributed by atoms with Crippen LogP contribution < -0.4 is 4.74 Å². The van der Waals surface area contributed by atoms with Crippen LogP contribution in [-0.2, 0) is 9.53 Å². The van der Waals surface area contributed by atoms with Gasteiger partial charge in [0.1, 0.15) is 11.4 Å². The van der Waals surface area contributed by atoms with E-state index in [4.69, 9.17) is 9.47 Å². The van der Waals surface area contributed by atoms with Crippen molar-refractivity contribution in [3.8, 4) is 17.2 Å². The van der Waals surface area contributed by atoms with Gasteiger partial charge in [-0.15, -0.1) is 0 Å². The van der Waals surface area contributed by atoms with Crippen molar-refractivity contribution in [2.24, 2.45) is 11.3 Å². The number of allylic oxidation sites excluding steroid dienone is 2. The van der Waals surface area contributed by atoms with Crippen LogP contribution in [0.25, 0.3) is 0 Å². The number of aliphatic hydroxyl groups excluding tert-OH is 1. The molecule has 1 aromatic rings. The molecule has 0 radical (unpaired) electrons. The lowest BCUT2D eigenvalue weighted by Gasteiger charge is -2.61. The van der Waals surface area contributed by atoms with Crippen LogP contribution in [-0.4, -0.2) is 49.6 Å². The molecule has 194 valence electrons. The Morgan fingerprint density at radius 1 is 1.23 bits per heavy atom. The molecule has 7 unspecified atom stereocenters. The summed E-state index contributed by atoms with van der Waals surface area (Å²) in [5, 5.41) is 44.4. The minimum Gasteiger partial charge on any atom is -0.507 e. The van der Waals surface area contributed by atoms with Crippen molar-refractivity contribution >= 4 is 5.78 Å². The summed E-state index contributed by atoms with van der Waals surface area (Å²) in [4.78, 5) is 12.8. The van der Waals surface area contributed by atoms with Crippen LogP contribution in [0.4, 0.5) is 0 Å². The molecule has 1 saturated heterocycles. The highest BCUT2D eigenvalue weighted by Gasteiger charge is 2.63. The third-order valence-corrected chi connectivity index (χ3v) is 9.00. The summed E-state index contributed by atoms with van der Waals surface area (Å²) < 4.78 is 12.9. The molecule has 0 bridgehead atoms. The van der Waals surface area contributed by atoms with E-state index < -0.39 is 34.6 Å². The van der Waals surface area contributed by atoms with Gasteiger partial charge in [-0.2, -0.15) is 0 Å². The fourth-order valence-corrected chi connectivity index (χ4v) is 6.79. The Hall–Kier alpha value is -2.09. The van der Waals surface area contributed by atoms with Gasteiger partial charge in [-0.05, 0) is 71.9 Å². The number of Topliss-reactive ketones (excluding diaryl/α,β-unsaturated/α-hetero) is 1. The van der Waals surface area contributed by atoms with Crippen molar-refractivity contribution in [2.45, 2.75) is 110 Å². The minimum atomic E-state index is -1.10. The quantitative estimate of drug-likeness (QED) is 0.360. The molecule has 7 nitrogen and oxygen atoms in total. The van der Waals surface area contributed by atoms with Crippen LogP contribution in [0.3, 0.4) is 0 Å². The van der Waals surface area contributed by atoms with Gasteiger partial charge in [-0.3, -0.25) is 4.79 Å². The van der Waals surface area contributed by atoms with Crippen molar-refractivity contribution in [3.05, 3.63) is 28.8 Å². The Morgan fingerprint density at radius 2 is 1.89 bits per heavy atom. The summed E-state index contributed by atoms with van der Waals surface area (Å²) >= 11 is 0. The number of rotatable bonds is 4. The van der Waals surface area contributed by atoms with Gasteiger partial charge < -0.3 is 29.9 Å². The summed E-state index contributed by atoms with van der Waals surface area (Å²) in [6.45, 7) is 12.7. The Balaban J connectivity index is 1.76. The predicted molar refractivity (Wildman–Crippen MR) is 132 cm³/mol.